The van der Waals surface area contributed by atoms with Crippen molar-refractivity contribution in [3.63, 3.8) is 0 Å². The summed E-state index contributed by atoms with van der Waals surface area (Å²) >= 11 is 0. The Hall–Kier alpha value is -1.51. The first-order chi connectivity index (χ1) is 7.52. The van der Waals surface area contributed by atoms with Gasteiger partial charge in [0.2, 0.25) is 0 Å². The number of carbonyl (C=O) groups excluding carboxylic acids is 1. The van der Waals surface area contributed by atoms with E-state index in [0.717, 1.165) is 18.4 Å². The third-order valence-electron chi connectivity index (χ3n) is 3.49. The van der Waals surface area contributed by atoms with Crippen LogP contribution in [0.2, 0.25) is 0 Å². The first-order valence-corrected chi connectivity index (χ1v) is 5.69. The number of amides is 1. The molecule has 16 heavy (non-hydrogen) atoms. The zero-order valence-electron chi connectivity index (χ0n) is 9.84. The van der Waals surface area contributed by atoms with Crippen LogP contribution in [0.25, 0.3) is 0 Å². The highest BCUT2D eigenvalue weighted by atomic mass is 16.1. The predicted molar refractivity (Wildman–Crippen MR) is 65.3 cm³/mol. The van der Waals surface area contributed by atoms with Crippen molar-refractivity contribution < 1.29 is 4.79 Å². The molecule has 3 heteroatoms. The Morgan fingerprint density at radius 1 is 1.44 bits per heavy atom. The monoisotopic (exact) mass is 218 g/mol. The molecule has 0 spiro atoms. The molecule has 1 fully saturated rings. The van der Waals surface area contributed by atoms with Crippen molar-refractivity contribution in [1.82, 2.24) is 5.32 Å². The molecular weight excluding hydrogens is 200 g/mol. The molecule has 0 bridgehead atoms. The van der Waals surface area contributed by atoms with Gasteiger partial charge in [-0.2, -0.15) is 0 Å². The van der Waals surface area contributed by atoms with E-state index in [4.69, 9.17) is 5.73 Å². The van der Waals surface area contributed by atoms with Gasteiger partial charge in [0, 0.05) is 16.8 Å². The van der Waals surface area contributed by atoms with E-state index in [1.165, 1.54) is 6.42 Å². The van der Waals surface area contributed by atoms with Gasteiger partial charge < -0.3 is 11.1 Å². The predicted octanol–water partition coefficient (Wildman–Crippen LogP) is 2.25. The number of nitrogen functional groups attached to an aromatic ring is 1. The number of nitrogens with two attached hydrogens (primary N) is 1. The van der Waals surface area contributed by atoms with Crippen LogP contribution in [0.4, 0.5) is 5.69 Å². The zero-order valence-corrected chi connectivity index (χ0v) is 9.84. The molecule has 0 atom stereocenters. The molecule has 0 heterocycles. The van der Waals surface area contributed by atoms with E-state index in [1.807, 2.05) is 25.1 Å². The van der Waals surface area contributed by atoms with Gasteiger partial charge in [-0.3, -0.25) is 4.79 Å². The average molecular weight is 218 g/mol. The van der Waals surface area contributed by atoms with E-state index in [0.29, 0.717) is 11.3 Å². The maximum Gasteiger partial charge on any atom is 0.252 e. The molecule has 1 amide bonds. The molecular formula is C13H18N2O. The van der Waals surface area contributed by atoms with Gasteiger partial charge in [-0.15, -0.1) is 0 Å². The van der Waals surface area contributed by atoms with Crippen LogP contribution < -0.4 is 11.1 Å². The van der Waals surface area contributed by atoms with Crippen LogP contribution in [-0.2, 0) is 0 Å². The second-order valence-corrected chi connectivity index (χ2v) is 4.89. The third kappa shape index (κ3) is 1.90. The lowest BCUT2D eigenvalue weighted by Crippen LogP contribution is -2.51. The summed E-state index contributed by atoms with van der Waals surface area (Å²) in [6, 6.07) is 5.46. The molecule has 0 unspecified atom stereocenters. The molecule has 1 aromatic rings. The number of anilines is 1. The summed E-state index contributed by atoms with van der Waals surface area (Å²) in [7, 11) is 0. The van der Waals surface area contributed by atoms with Gasteiger partial charge in [0.25, 0.3) is 5.91 Å². The first-order valence-electron chi connectivity index (χ1n) is 5.69. The zero-order chi connectivity index (χ0) is 11.8. The highest BCUT2D eigenvalue weighted by molar-refractivity contribution is 5.97. The highest BCUT2D eigenvalue weighted by Crippen LogP contribution is 2.31. The van der Waals surface area contributed by atoms with E-state index in [2.05, 4.69) is 12.2 Å². The molecule has 1 aromatic carbocycles. The fourth-order valence-electron chi connectivity index (χ4n) is 2.07. The highest BCUT2D eigenvalue weighted by Gasteiger charge is 2.33. The lowest BCUT2D eigenvalue weighted by Gasteiger charge is -2.39. The fraction of sp³-hybridized carbons (Fsp3) is 0.462. The van der Waals surface area contributed by atoms with Crippen molar-refractivity contribution in [3.8, 4) is 0 Å². The quantitative estimate of drug-likeness (QED) is 0.748. The van der Waals surface area contributed by atoms with Crippen LogP contribution in [0.5, 0.6) is 0 Å². The number of carbonyl (C=O) groups is 1. The summed E-state index contributed by atoms with van der Waals surface area (Å²) < 4.78 is 0. The van der Waals surface area contributed by atoms with E-state index in [1.54, 1.807) is 0 Å². The molecule has 2 rings (SSSR count). The van der Waals surface area contributed by atoms with Crippen molar-refractivity contribution in [2.75, 3.05) is 5.73 Å². The first kappa shape index (κ1) is 11.0. The summed E-state index contributed by atoms with van der Waals surface area (Å²) in [5, 5.41) is 3.08. The fourth-order valence-corrected chi connectivity index (χ4v) is 2.07. The standard InChI is InChI=1S/C13H18N2O/c1-9-10(5-3-6-11(9)14)12(16)15-13(2)7-4-8-13/h3,5-6H,4,7-8,14H2,1-2H3,(H,15,16). The molecule has 86 valence electrons. The van der Waals surface area contributed by atoms with Gasteiger partial charge in [-0.05, 0) is 50.8 Å². The Kier molecular flexibility index (Phi) is 2.62. The average Bonchev–Trinajstić information content (AvgIpc) is 2.19. The van der Waals surface area contributed by atoms with E-state index in [-0.39, 0.29) is 11.4 Å². The van der Waals surface area contributed by atoms with Crippen LogP contribution in [0.3, 0.4) is 0 Å². The van der Waals surface area contributed by atoms with Gasteiger partial charge >= 0.3 is 0 Å². The van der Waals surface area contributed by atoms with Gasteiger partial charge in [0.05, 0.1) is 0 Å². The molecule has 0 aromatic heterocycles. The van der Waals surface area contributed by atoms with Crippen LogP contribution in [0.15, 0.2) is 18.2 Å². The summed E-state index contributed by atoms with van der Waals surface area (Å²) in [6.45, 7) is 3.98. The molecule has 1 saturated carbocycles. The van der Waals surface area contributed by atoms with E-state index in [9.17, 15) is 4.79 Å². The van der Waals surface area contributed by atoms with Gasteiger partial charge in [-0.25, -0.2) is 0 Å². The third-order valence-corrected chi connectivity index (χ3v) is 3.49. The summed E-state index contributed by atoms with van der Waals surface area (Å²) in [5.41, 5.74) is 8.01. The van der Waals surface area contributed by atoms with Gasteiger partial charge in [-0.1, -0.05) is 6.07 Å². The van der Waals surface area contributed by atoms with Gasteiger partial charge in [0.1, 0.15) is 0 Å². The maximum atomic E-state index is 12.1. The minimum Gasteiger partial charge on any atom is -0.398 e. The minimum absolute atomic E-state index is 0.00583. The number of hydrogen-bond acceptors (Lipinski definition) is 2. The minimum atomic E-state index is -0.00741. The number of rotatable bonds is 2. The topological polar surface area (TPSA) is 55.1 Å². The maximum absolute atomic E-state index is 12.1. The molecule has 0 aliphatic heterocycles. The summed E-state index contributed by atoms with van der Waals surface area (Å²) in [4.78, 5) is 12.1. The van der Waals surface area contributed by atoms with E-state index >= 15 is 0 Å². The van der Waals surface area contributed by atoms with Crippen LogP contribution in [0, 0.1) is 6.92 Å². The van der Waals surface area contributed by atoms with E-state index < -0.39 is 0 Å². The molecule has 1 aliphatic rings. The van der Waals surface area contributed by atoms with Gasteiger partial charge in [0.15, 0.2) is 0 Å². The molecule has 3 nitrogen and oxygen atoms in total. The molecule has 3 N–H and O–H groups in total. The molecule has 0 radical (unpaired) electrons. The van der Waals surface area contributed by atoms with Crippen LogP contribution in [-0.4, -0.2) is 11.4 Å². The number of nitrogens with one attached hydrogen (secondary N) is 1. The van der Waals surface area contributed by atoms with Crippen molar-refractivity contribution in [1.29, 1.82) is 0 Å². The Labute approximate surface area is 96.0 Å². The number of hydrogen-bond donors (Lipinski definition) is 2. The molecule has 0 saturated heterocycles. The summed E-state index contributed by atoms with van der Waals surface area (Å²) in [6.07, 6.45) is 3.34. The Morgan fingerprint density at radius 2 is 2.12 bits per heavy atom. The van der Waals surface area contributed by atoms with Crippen molar-refractivity contribution in [3.05, 3.63) is 29.3 Å². The Morgan fingerprint density at radius 3 is 2.69 bits per heavy atom. The molecule has 1 aliphatic carbocycles. The van der Waals surface area contributed by atoms with Crippen molar-refractivity contribution >= 4 is 11.6 Å². The van der Waals surface area contributed by atoms with Crippen molar-refractivity contribution in [2.24, 2.45) is 0 Å². The Bertz CT molecular complexity index is 422. The lowest BCUT2D eigenvalue weighted by atomic mass is 9.78. The SMILES string of the molecule is Cc1c(N)cccc1C(=O)NC1(C)CCC1. The Balaban J connectivity index is 2.17. The van der Waals surface area contributed by atoms with Crippen LogP contribution >= 0.6 is 0 Å². The second-order valence-electron chi connectivity index (χ2n) is 4.89. The lowest BCUT2D eigenvalue weighted by molar-refractivity contribution is 0.0850. The second kappa shape index (κ2) is 3.81. The smallest absolute Gasteiger partial charge is 0.252 e. The summed E-state index contributed by atoms with van der Waals surface area (Å²) in [5.74, 6) is -0.00741. The van der Waals surface area contributed by atoms with Crippen molar-refractivity contribution in [2.45, 2.75) is 38.6 Å². The van der Waals surface area contributed by atoms with Crippen LogP contribution in [0.1, 0.15) is 42.1 Å². The largest absolute Gasteiger partial charge is 0.398 e. The number of benzene rings is 1. The normalized spacial score (nSPS) is 17.6.